The lowest BCUT2D eigenvalue weighted by Gasteiger charge is -2.25. The molecule has 0 aliphatic heterocycles. The third-order valence-electron chi connectivity index (χ3n) is 5.94. The number of rotatable bonds is 9. The number of sulfonamides is 2. The van der Waals surface area contributed by atoms with Gasteiger partial charge in [-0.2, -0.15) is 0 Å². The number of nitrogens with one attached hydrogen (secondary N) is 2. The van der Waals surface area contributed by atoms with Crippen molar-refractivity contribution in [1.29, 1.82) is 0 Å². The average molecular weight is 598 g/mol. The zero-order chi connectivity index (χ0) is 29.1. The van der Waals surface area contributed by atoms with Crippen molar-refractivity contribution in [3.8, 4) is 0 Å². The van der Waals surface area contributed by atoms with Crippen molar-refractivity contribution in [3.05, 3.63) is 113 Å². The SMILES string of the molecule is Cc1ccc(S(=O)(=O)N(CC(=O)Nc2ccc(S(=O)(=O)Nc3ccc(Cl)cc3)cc2)c2cc(C)cc(C)c2)cc1. The average Bonchev–Trinajstić information content (AvgIpc) is 2.88. The van der Waals surface area contributed by atoms with Gasteiger partial charge in [0.2, 0.25) is 5.91 Å². The smallest absolute Gasteiger partial charge is 0.264 e. The predicted molar refractivity (Wildman–Crippen MR) is 159 cm³/mol. The molecule has 0 atom stereocenters. The molecule has 11 heteroatoms. The van der Waals surface area contributed by atoms with Crippen LogP contribution in [0.2, 0.25) is 5.02 Å². The summed E-state index contributed by atoms with van der Waals surface area (Å²) in [6.07, 6.45) is 0. The molecule has 4 aromatic carbocycles. The molecular formula is C29H28ClN3O5S2. The summed E-state index contributed by atoms with van der Waals surface area (Å²) in [6.45, 7) is 5.07. The van der Waals surface area contributed by atoms with Crippen LogP contribution in [-0.4, -0.2) is 29.3 Å². The normalized spacial score (nSPS) is 11.6. The highest BCUT2D eigenvalue weighted by Gasteiger charge is 2.27. The minimum atomic E-state index is -4.07. The van der Waals surface area contributed by atoms with Crippen molar-refractivity contribution in [2.45, 2.75) is 30.6 Å². The lowest BCUT2D eigenvalue weighted by molar-refractivity contribution is -0.114. The molecule has 0 aliphatic rings. The monoisotopic (exact) mass is 597 g/mol. The van der Waals surface area contributed by atoms with Gasteiger partial charge in [0.25, 0.3) is 20.0 Å². The van der Waals surface area contributed by atoms with E-state index in [1.54, 1.807) is 48.5 Å². The van der Waals surface area contributed by atoms with Gasteiger partial charge in [-0.1, -0.05) is 35.4 Å². The van der Waals surface area contributed by atoms with Crippen LogP contribution in [0.5, 0.6) is 0 Å². The van der Waals surface area contributed by atoms with E-state index in [2.05, 4.69) is 10.0 Å². The Morgan fingerprint density at radius 3 is 1.80 bits per heavy atom. The Hall–Kier alpha value is -3.86. The van der Waals surface area contributed by atoms with Crippen LogP contribution in [0.15, 0.2) is 101 Å². The molecule has 0 bridgehead atoms. The number of halogens is 1. The first kappa shape index (κ1) is 29.1. The Kier molecular flexibility index (Phi) is 8.53. The summed E-state index contributed by atoms with van der Waals surface area (Å²) in [7, 11) is -7.95. The second-order valence-electron chi connectivity index (χ2n) is 9.36. The Labute approximate surface area is 239 Å². The molecule has 0 saturated heterocycles. The second-order valence-corrected chi connectivity index (χ2v) is 13.3. The first-order valence-corrected chi connectivity index (χ1v) is 15.5. The molecule has 0 radical (unpaired) electrons. The van der Waals surface area contributed by atoms with Crippen molar-refractivity contribution in [3.63, 3.8) is 0 Å². The van der Waals surface area contributed by atoms with Crippen molar-refractivity contribution in [2.24, 2.45) is 0 Å². The van der Waals surface area contributed by atoms with E-state index in [4.69, 9.17) is 11.6 Å². The third kappa shape index (κ3) is 7.01. The van der Waals surface area contributed by atoms with Crippen LogP contribution >= 0.6 is 11.6 Å². The fourth-order valence-corrected chi connectivity index (χ4v) is 6.62. The van der Waals surface area contributed by atoms with Crippen LogP contribution in [0.3, 0.4) is 0 Å². The maximum atomic E-state index is 13.6. The van der Waals surface area contributed by atoms with Gasteiger partial charge in [0.1, 0.15) is 6.54 Å². The topological polar surface area (TPSA) is 113 Å². The fraction of sp³-hybridized carbons (Fsp3) is 0.138. The first-order chi connectivity index (χ1) is 18.8. The van der Waals surface area contributed by atoms with E-state index in [1.807, 2.05) is 26.8 Å². The molecule has 0 unspecified atom stereocenters. The van der Waals surface area contributed by atoms with Gasteiger partial charge >= 0.3 is 0 Å². The van der Waals surface area contributed by atoms with E-state index in [-0.39, 0.29) is 9.79 Å². The van der Waals surface area contributed by atoms with Crippen molar-refractivity contribution < 1.29 is 21.6 Å². The Balaban J connectivity index is 1.55. The molecule has 0 aromatic heterocycles. The third-order valence-corrected chi connectivity index (χ3v) is 9.37. The Morgan fingerprint density at radius 2 is 1.23 bits per heavy atom. The van der Waals surface area contributed by atoms with Crippen LogP contribution in [-0.2, 0) is 24.8 Å². The zero-order valence-electron chi connectivity index (χ0n) is 22.1. The summed E-state index contributed by atoms with van der Waals surface area (Å²) in [5.74, 6) is -0.593. The molecule has 0 spiro atoms. The summed E-state index contributed by atoms with van der Waals surface area (Å²) in [4.78, 5) is 13.1. The highest BCUT2D eigenvalue weighted by molar-refractivity contribution is 7.93. The van der Waals surface area contributed by atoms with Crippen LogP contribution in [0.4, 0.5) is 17.1 Å². The first-order valence-electron chi connectivity index (χ1n) is 12.2. The van der Waals surface area contributed by atoms with E-state index < -0.39 is 32.5 Å². The van der Waals surface area contributed by atoms with Crippen LogP contribution in [0.1, 0.15) is 16.7 Å². The van der Waals surface area contributed by atoms with Gasteiger partial charge in [0.15, 0.2) is 0 Å². The summed E-state index contributed by atoms with van der Waals surface area (Å²) in [5, 5.41) is 3.14. The molecule has 0 heterocycles. The lowest BCUT2D eigenvalue weighted by Crippen LogP contribution is -2.38. The lowest BCUT2D eigenvalue weighted by atomic mass is 10.1. The van der Waals surface area contributed by atoms with E-state index >= 15 is 0 Å². The number of carbonyl (C=O) groups excluding carboxylic acids is 1. The number of aryl methyl sites for hydroxylation is 3. The minimum absolute atomic E-state index is 0.0146. The molecule has 0 saturated carbocycles. The van der Waals surface area contributed by atoms with Crippen molar-refractivity contribution in [1.82, 2.24) is 0 Å². The van der Waals surface area contributed by atoms with E-state index in [0.29, 0.717) is 22.1 Å². The van der Waals surface area contributed by atoms with E-state index in [1.165, 1.54) is 36.4 Å². The van der Waals surface area contributed by atoms with Gasteiger partial charge in [0, 0.05) is 16.4 Å². The van der Waals surface area contributed by atoms with Crippen LogP contribution in [0, 0.1) is 20.8 Å². The standard InChI is InChI=1S/C29H28ClN3O5S2/c1-20-4-12-28(13-5-20)40(37,38)33(26-17-21(2)16-22(3)18-26)19-29(34)31-24-10-14-27(15-11-24)39(35,36)32-25-8-6-23(30)7-9-25/h4-18,32H,19H2,1-3H3,(H,31,34). The molecule has 2 N–H and O–H groups in total. The summed E-state index contributed by atoms with van der Waals surface area (Å²) in [6, 6.07) is 23.5. The van der Waals surface area contributed by atoms with Crippen LogP contribution in [0.25, 0.3) is 0 Å². The molecule has 8 nitrogen and oxygen atoms in total. The summed E-state index contributed by atoms with van der Waals surface area (Å²) in [5.41, 5.74) is 3.63. The molecule has 0 aliphatic carbocycles. The maximum absolute atomic E-state index is 13.6. The number of amides is 1. The highest BCUT2D eigenvalue weighted by atomic mass is 35.5. The highest BCUT2D eigenvalue weighted by Crippen LogP contribution is 2.27. The zero-order valence-corrected chi connectivity index (χ0v) is 24.4. The number of hydrogen-bond donors (Lipinski definition) is 2. The van der Waals surface area contributed by atoms with Gasteiger partial charge in [-0.15, -0.1) is 0 Å². The van der Waals surface area contributed by atoms with E-state index in [0.717, 1.165) is 21.0 Å². The van der Waals surface area contributed by atoms with Gasteiger partial charge in [0.05, 0.1) is 15.5 Å². The van der Waals surface area contributed by atoms with Crippen molar-refractivity contribution in [2.75, 3.05) is 20.9 Å². The quantitative estimate of drug-likeness (QED) is 0.249. The fourth-order valence-electron chi connectivity index (χ4n) is 4.03. The van der Waals surface area contributed by atoms with E-state index in [9.17, 15) is 21.6 Å². The number of carbonyl (C=O) groups is 1. The van der Waals surface area contributed by atoms with Gasteiger partial charge in [-0.3, -0.25) is 13.8 Å². The largest absolute Gasteiger partial charge is 0.325 e. The Morgan fingerprint density at radius 1 is 0.700 bits per heavy atom. The molecule has 4 aromatic rings. The van der Waals surface area contributed by atoms with Gasteiger partial charge < -0.3 is 5.32 Å². The molecule has 0 fully saturated rings. The van der Waals surface area contributed by atoms with Crippen LogP contribution < -0.4 is 14.3 Å². The number of nitrogens with zero attached hydrogens (tertiary/aromatic N) is 1. The maximum Gasteiger partial charge on any atom is 0.264 e. The minimum Gasteiger partial charge on any atom is -0.325 e. The van der Waals surface area contributed by atoms with Gasteiger partial charge in [-0.25, -0.2) is 16.8 Å². The van der Waals surface area contributed by atoms with Gasteiger partial charge in [-0.05, 0) is 105 Å². The number of hydrogen-bond acceptors (Lipinski definition) is 5. The molecule has 208 valence electrons. The predicted octanol–water partition coefficient (Wildman–Crippen LogP) is 5.90. The molecular weight excluding hydrogens is 570 g/mol. The summed E-state index contributed by atoms with van der Waals surface area (Å²) >= 11 is 5.85. The number of anilines is 3. The molecule has 1 amide bonds. The second kappa shape index (κ2) is 11.7. The number of benzene rings is 4. The molecule has 4 rings (SSSR count). The Bertz CT molecular complexity index is 1720. The molecule has 40 heavy (non-hydrogen) atoms. The van der Waals surface area contributed by atoms with Crippen molar-refractivity contribution >= 4 is 54.6 Å². The summed E-state index contributed by atoms with van der Waals surface area (Å²) < 4.78 is 56.3.